The zero-order valence-electron chi connectivity index (χ0n) is 10.6. The van der Waals surface area contributed by atoms with Crippen LogP contribution in [-0.4, -0.2) is 19.1 Å². The van der Waals surface area contributed by atoms with Crippen molar-refractivity contribution >= 4 is 5.82 Å². The van der Waals surface area contributed by atoms with Crippen molar-refractivity contribution in [3.05, 3.63) is 48.2 Å². The second kappa shape index (κ2) is 5.00. The molecule has 0 aliphatic carbocycles. The van der Waals surface area contributed by atoms with E-state index in [1.165, 1.54) is 16.7 Å². The van der Waals surface area contributed by atoms with E-state index in [0.29, 0.717) is 0 Å². The van der Waals surface area contributed by atoms with Gasteiger partial charge in [-0.3, -0.25) is 0 Å². The summed E-state index contributed by atoms with van der Waals surface area (Å²) in [5.41, 5.74) is 3.75. The number of hydrogen-bond donors (Lipinski definition) is 0. The number of hydrogen-bond acceptors (Lipinski definition) is 2. The Labute approximate surface area is 103 Å². The van der Waals surface area contributed by atoms with Crippen LogP contribution in [0.25, 0.3) is 11.1 Å². The van der Waals surface area contributed by atoms with Gasteiger partial charge < -0.3 is 4.90 Å². The molecule has 0 saturated carbocycles. The Morgan fingerprint density at radius 2 is 1.59 bits per heavy atom. The van der Waals surface area contributed by atoms with Gasteiger partial charge in [-0.25, -0.2) is 4.98 Å². The van der Waals surface area contributed by atoms with Gasteiger partial charge in [0.15, 0.2) is 0 Å². The second-order valence-electron chi connectivity index (χ2n) is 4.35. The molecule has 0 N–H and O–H groups in total. The zero-order valence-corrected chi connectivity index (χ0v) is 10.6. The van der Waals surface area contributed by atoms with Gasteiger partial charge in [-0.1, -0.05) is 31.2 Å². The normalized spacial score (nSPS) is 10.3. The molecule has 0 spiro atoms. The van der Waals surface area contributed by atoms with Crippen LogP contribution in [-0.2, 0) is 6.42 Å². The topological polar surface area (TPSA) is 16.1 Å². The first-order valence-corrected chi connectivity index (χ1v) is 5.93. The third-order valence-corrected chi connectivity index (χ3v) is 2.90. The molecule has 1 aromatic carbocycles. The standard InChI is InChI=1S/C15H18N2/c1-4-12-5-7-13(8-6-12)14-9-10-15(16-11-14)17(2)3/h5-11H,4H2,1-3H3. The third kappa shape index (κ3) is 2.64. The van der Waals surface area contributed by atoms with Crippen molar-refractivity contribution in [1.29, 1.82) is 0 Å². The van der Waals surface area contributed by atoms with Crippen molar-refractivity contribution in [2.75, 3.05) is 19.0 Å². The lowest BCUT2D eigenvalue weighted by molar-refractivity contribution is 1.07. The van der Waals surface area contributed by atoms with E-state index in [0.717, 1.165) is 12.2 Å². The Hall–Kier alpha value is -1.83. The van der Waals surface area contributed by atoms with Gasteiger partial charge in [0.1, 0.15) is 5.82 Å². The summed E-state index contributed by atoms with van der Waals surface area (Å²) < 4.78 is 0. The molecule has 0 radical (unpaired) electrons. The highest BCUT2D eigenvalue weighted by atomic mass is 15.1. The van der Waals surface area contributed by atoms with Gasteiger partial charge in [0.25, 0.3) is 0 Å². The van der Waals surface area contributed by atoms with E-state index in [1.54, 1.807) is 0 Å². The second-order valence-corrected chi connectivity index (χ2v) is 4.35. The van der Waals surface area contributed by atoms with Crippen molar-refractivity contribution in [2.24, 2.45) is 0 Å². The molecule has 0 aliphatic heterocycles. The number of anilines is 1. The van der Waals surface area contributed by atoms with E-state index in [2.05, 4.69) is 42.2 Å². The monoisotopic (exact) mass is 226 g/mol. The van der Waals surface area contributed by atoms with E-state index in [4.69, 9.17) is 0 Å². The minimum absolute atomic E-state index is 0.985. The summed E-state index contributed by atoms with van der Waals surface area (Å²) in [6.45, 7) is 2.17. The first-order valence-electron chi connectivity index (χ1n) is 5.93. The summed E-state index contributed by atoms with van der Waals surface area (Å²) in [5.74, 6) is 0.985. The molecule has 0 aliphatic rings. The van der Waals surface area contributed by atoms with Crippen molar-refractivity contribution in [3.8, 4) is 11.1 Å². The van der Waals surface area contributed by atoms with Gasteiger partial charge >= 0.3 is 0 Å². The van der Waals surface area contributed by atoms with Gasteiger partial charge in [-0.2, -0.15) is 0 Å². The van der Waals surface area contributed by atoms with Gasteiger partial charge in [-0.05, 0) is 29.7 Å². The number of aryl methyl sites for hydroxylation is 1. The van der Waals surface area contributed by atoms with Gasteiger partial charge in [0, 0.05) is 25.9 Å². The highest BCUT2D eigenvalue weighted by molar-refractivity contribution is 5.64. The average Bonchev–Trinajstić information content (AvgIpc) is 2.39. The summed E-state index contributed by atoms with van der Waals surface area (Å²) in [6, 6.07) is 12.8. The molecule has 2 nitrogen and oxygen atoms in total. The minimum atomic E-state index is 0.985. The Morgan fingerprint density at radius 1 is 0.941 bits per heavy atom. The van der Waals surface area contributed by atoms with Crippen LogP contribution in [0.4, 0.5) is 5.82 Å². The first kappa shape index (κ1) is 11.6. The van der Waals surface area contributed by atoms with Gasteiger partial charge in [0.2, 0.25) is 0 Å². The van der Waals surface area contributed by atoms with Crippen LogP contribution in [0, 0.1) is 0 Å². The van der Waals surface area contributed by atoms with Gasteiger partial charge in [0.05, 0.1) is 0 Å². The van der Waals surface area contributed by atoms with Crippen LogP contribution in [0.1, 0.15) is 12.5 Å². The molecule has 88 valence electrons. The average molecular weight is 226 g/mol. The van der Waals surface area contributed by atoms with Crippen LogP contribution < -0.4 is 4.90 Å². The molecule has 2 rings (SSSR count). The zero-order chi connectivity index (χ0) is 12.3. The number of aromatic nitrogens is 1. The smallest absolute Gasteiger partial charge is 0.127 e. The molecule has 1 heterocycles. The van der Waals surface area contributed by atoms with Crippen LogP contribution in [0.15, 0.2) is 42.6 Å². The van der Waals surface area contributed by atoms with Gasteiger partial charge in [-0.15, -0.1) is 0 Å². The van der Waals surface area contributed by atoms with E-state index < -0.39 is 0 Å². The summed E-state index contributed by atoms with van der Waals surface area (Å²) in [7, 11) is 4.00. The highest BCUT2D eigenvalue weighted by Gasteiger charge is 2.00. The number of nitrogens with zero attached hydrogens (tertiary/aromatic N) is 2. The van der Waals surface area contributed by atoms with E-state index in [-0.39, 0.29) is 0 Å². The maximum Gasteiger partial charge on any atom is 0.127 e. The lowest BCUT2D eigenvalue weighted by Gasteiger charge is -2.11. The Kier molecular flexibility index (Phi) is 3.43. The Bertz CT molecular complexity index is 469. The third-order valence-electron chi connectivity index (χ3n) is 2.90. The number of rotatable bonds is 3. The fraction of sp³-hybridized carbons (Fsp3) is 0.267. The van der Waals surface area contributed by atoms with Crippen LogP contribution in [0.3, 0.4) is 0 Å². The van der Waals surface area contributed by atoms with Crippen LogP contribution in [0.5, 0.6) is 0 Å². The Balaban J connectivity index is 2.26. The fourth-order valence-electron chi connectivity index (χ4n) is 1.75. The minimum Gasteiger partial charge on any atom is -0.363 e. The van der Waals surface area contributed by atoms with Crippen LogP contribution in [0.2, 0.25) is 0 Å². The fourth-order valence-corrected chi connectivity index (χ4v) is 1.75. The van der Waals surface area contributed by atoms with E-state index in [9.17, 15) is 0 Å². The maximum atomic E-state index is 4.42. The molecular formula is C15H18N2. The molecule has 0 atom stereocenters. The molecular weight excluding hydrogens is 208 g/mol. The summed E-state index contributed by atoms with van der Waals surface area (Å²) >= 11 is 0. The lowest BCUT2D eigenvalue weighted by atomic mass is 10.0. The van der Waals surface area contributed by atoms with E-state index >= 15 is 0 Å². The number of benzene rings is 1. The molecule has 2 heteroatoms. The lowest BCUT2D eigenvalue weighted by Crippen LogP contribution is -2.09. The van der Waals surface area contributed by atoms with E-state index in [1.807, 2.05) is 31.3 Å². The quantitative estimate of drug-likeness (QED) is 0.797. The van der Waals surface area contributed by atoms with Crippen molar-refractivity contribution in [1.82, 2.24) is 4.98 Å². The molecule has 17 heavy (non-hydrogen) atoms. The molecule has 0 bridgehead atoms. The summed E-state index contributed by atoms with van der Waals surface area (Å²) in [6.07, 6.45) is 3.01. The number of pyridine rings is 1. The molecule has 0 saturated heterocycles. The Morgan fingerprint density at radius 3 is 2.06 bits per heavy atom. The highest BCUT2D eigenvalue weighted by Crippen LogP contribution is 2.20. The van der Waals surface area contributed by atoms with Crippen molar-refractivity contribution < 1.29 is 0 Å². The molecule has 0 fully saturated rings. The predicted octanol–water partition coefficient (Wildman–Crippen LogP) is 3.38. The molecule has 1 aromatic heterocycles. The molecule has 0 unspecified atom stereocenters. The van der Waals surface area contributed by atoms with Crippen LogP contribution >= 0.6 is 0 Å². The predicted molar refractivity (Wildman–Crippen MR) is 73.4 cm³/mol. The van der Waals surface area contributed by atoms with Crippen molar-refractivity contribution in [3.63, 3.8) is 0 Å². The summed E-state index contributed by atoms with van der Waals surface area (Å²) in [5, 5.41) is 0. The SMILES string of the molecule is CCc1ccc(-c2ccc(N(C)C)nc2)cc1. The maximum absolute atomic E-state index is 4.42. The van der Waals surface area contributed by atoms with Crippen molar-refractivity contribution in [2.45, 2.75) is 13.3 Å². The molecule has 2 aromatic rings. The summed E-state index contributed by atoms with van der Waals surface area (Å²) in [4.78, 5) is 6.43. The molecule has 0 amide bonds. The largest absolute Gasteiger partial charge is 0.363 e. The first-order chi connectivity index (χ1) is 8.20.